The fourth-order valence-corrected chi connectivity index (χ4v) is 1.59. The second kappa shape index (κ2) is 7.01. The van der Waals surface area contributed by atoms with Crippen LogP contribution >= 0.6 is 0 Å². The van der Waals surface area contributed by atoms with Crippen molar-refractivity contribution in [1.29, 1.82) is 0 Å². The van der Waals surface area contributed by atoms with Crippen molar-refractivity contribution >= 4 is 5.97 Å². The summed E-state index contributed by atoms with van der Waals surface area (Å²) < 4.78 is 9.98. The van der Waals surface area contributed by atoms with Crippen LogP contribution in [0.3, 0.4) is 0 Å². The van der Waals surface area contributed by atoms with Gasteiger partial charge < -0.3 is 14.6 Å². The lowest BCUT2D eigenvalue weighted by atomic mass is 9.95. The third-order valence-corrected chi connectivity index (χ3v) is 2.80. The van der Waals surface area contributed by atoms with Gasteiger partial charge >= 0.3 is 5.97 Å². The van der Waals surface area contributed by atoms with Crippen molar-refractivity contribution in [3.8, 4) is 5.75 Å². The fraction of sp³-hybridized carbons (Fsp3) is 0.500. The molecule has 0 spiro atoms. The Bertz CT molecular complexity index is 372. The van der Waals surface area contributed by atoms with E-state index in [1.807, 2.05) is 31.2 Å². The van der Waals surface area contributed by atoms with Gasteiger partial charge in [0, 0.05) is 5.92 Å². The number of methoxy groups -OCH3 is 1. The molecule has 0 radical (unpaired) electrons. The lowest BCUT2D eigenvalue weighted by Gasteiger charge is -2.17. The van der Waals surface area contributed by atoms with Gasteiger partial charge in [0.05, 0.1) is 13.7 Å². The Labute approximate surface area is 108 Å². The zero-order valence-electron chi connectivity index (χ0n) is 11.1. The maximum Gasteiger partial charge on any atom is 0.335 e. The molecule has 0 aliphatic rings. The van der Waals surface area contributed by atoms with Crippen LogP contribution < -0.4 is 4.74 Å². The molecule has 0 bridgehead atoms. The summed E-state index contributed by atoms with van der Waals surface area (Å²) in [5.41, 5.74) is 0.872. The molecule has 100 valence electrons. The van der Waals surface area contributed by atoms with Crippen molar-refractivity contribution in [3.05, 3.63) is 29.8 Å². The highest BCUT2D eigenvalue weighted by atomic mass is 16.5. The summed E-state index contributed by atoms with van der Waals surface area (Å²) in [5.74, 6) is -0.133. The molecule has 2 atom stereocenters. The molecule has 0 aromatic heterocycles. The van der Waals surface area contributed by atoms with Crippen molar-refractivity contribution in [3.63, 3.8) is 0 Å². The van der Waals surface area contributed by atoms with E-state index in [-0.39, 0.29) is 5.92 Å². The molecule has 0 heterocycles. The maximum absolute atomic E-state index is 11.2. The Morgan fingerprint density at radius 3 is 2.44 bits per heavy atom. The van der Waals surface area contributed by atoms with Crippen LogP contribution in [0.1, 0.15) is 31.7 Å². The molecule has 0 saturated carbocycles. The first kappa shape index (κ1) is 14.5. The van der Waals surface area contributed by atoms with E-state index in [1.54, 1.807) is 6.92 Å². The number of hydrogen-bond donors (Lipinski definition) is 1. The predicted molar refractivity (Wildman–Crippen MR) is 68.7 cm³/mol. The maximum atomic E-state index is 11.2. The molecule has 0 aliphatic heterocycles. The summed E-state index contributed by atoms with van der Waals surface area (Å²) in [6, 6.07) is 7.38. The van der Waals surface area contributed by atoms with Crippen LogP contribution in [-0.4, -0.2) is 30.9 Å². The number of aliphatic hydroxyl groups is 1. The standard InChI is InChI=1S/C14H20O4/c1-4-9-18-12-7-5-11(6-8-12)10(2)13(15)14(16)17-3/h5-8,10,13,15H,4,9H2,1-3H3. The van der Waals surface area contributed by atoms with Crippen molar-refractivity contribution < 1.29 is 19.4 Å². The van der Waals surface area contributed by atoms with Gasteiger partial charge in [-0.05, 0) is 24.1 Å². The molecule has 18 heavy (non-hydrogen) atoms. The first-order valence-corrected chi connectivity index (χ1v) is 6.08. The van der Waals surface area contributed by atoms with E-state index < -0.39 is 12.1 Å². The highest BCUT2D eigenvalue weighted by Crippen LogP contribution is 2.22. The SMILES string of the molecule is CCCOc1ccc(C(C)C(O)C(=O)OC)cc1. The van der Waals surface area contributed by atoms with Crippen molar-refractivity contribution in [2.75, 3.05) is 13.7 Å². The Morgan fingerprint density at radius 2 is 1.94 bits per heavy atom. The summed E-state index contributed by atoms with van der Waals surface area (Å²) in [5, 5.41) is 9.74. The van der Waals surface area contributed by atoms with Gasteiger partial charge in [-0.1, -0.05) is 26.0 Å². The van der Waals surface area contributed by atoms with Crippen molar-refractivity contribution in [2.24, 2.45) is 0 Å². The number of esters is 1. The van der Waals surface area contributed by atoms with Crippen LogP contribution in [-0.2, 0) is 9.53 Å². The monoisotopic (exact) mass is 252 g/mol. The van der Waals surface area contributed by atoms with Crippen LogP contribution in [0.25, 0.3) is 0 Å². The minimum Gasteiger partial charge on any atom is -0.494 e. The van der Waals surface area contributed by atoms with E-state index in [9.17, 15) is 9.90 Å². The normalized spacial score (nSPS) is 13.8. The van der Waals surface area contributed by atoms with E-state index in [0.717, 1.165) is 17.7 Å². The lowest BCUT2D eigenvalue weighted by Crippen LogP contribution is -2.27. The van der Waals surface area contributed by atoms with Crippen LogP contribution in [0.5, 0.6) is 5.75 Å². The van der Waals surface area contributed by atoms with Crippen molar-refractivity contribution in [1.82, 2.24) is 0 Å². The quantitative estimate of drug-likeness (QED) is 0.788. The van der Waals surface area contributed by atoms with Gasteiger partial charge in [-0.25, -0.2) is 4.79 Å². The highest BCUT2D eigenvalue weighted by Gasteiger charge is 2.24. The summed E-state index contributed by atoms with van der Waals surface area (Å²) in [6.07, 6.45) is -0.184. The van der Waals surface area contributed by atoms with E-state index >= 15 is 0 Å². The number of carbonyl (C=O) groups excluding carboxylic acids is 1. The van der Waals surface area contributed by atoms with Crippen LogP contribution in [0.4, 0.5) is 0 Å². The van der Waals surface area contributed by atoms with Crippen molar-refractivity contribution in [2.45, 2.75) is 32.3 Å². The van der Waals surface area contributed by atoms with Gasteiger partial charge in [0.2, 0.25) is 0 Å². The van der Waals surface area contributed by atoms with Gasteiger partial charge in [-0.3, -0.25) is 0 Å². The van der Waals surface area contributed by atoms with Gasteiger partial charge in [0.15, 0.2) is 6.10 Å². The first-order valence-electron chi connectivity index (χ1n) is 6.08. The summed E-state index contributed by atoms with van der Waals surface area (Å²) in [7, 11) is 1.26. The number of aliphatic hydroxyl groups excluding tert-OH is 1. The number of carbonyl (C=O) groups is 1. The second-order valence-corrected chi connectivity index (χ2v) is 4.17. The Balaban J connectivity index is 2.69. The molecule has 4 nitrogen and oxygen atoms in total. The van der Waals surface area contributed by atoms with Crippen LogP contribution in [0.15, 0.2) is 24.3 Å². The minimum absolute atomic E-state index is 0.308. The summed E-state index contributed by atoms with van der Waals surface area (Å²) >= 11 is 0. The third-order valence-electron chi connectivity index (χ3n) is 2.80. The molecule has 0 saturated heterocycles. The highest BCUT2D eigenvalue weighted by molar-refractivity contribution is 5.75. The zero-order valence-corrected chi connectivity index (χ0v) is 11.1. The minimum atomic E-state index is -1.14. The largest absolute Gasteiger partial charge is 0.494 e. The topological polar surface area (TPSA) is 55.8 Å². The van der Waals surface area contributed by atoms with Gasteiger partial charge in [-0.15, -0.1) is 0 Å². The van der Waals surface area contributed by atoms with Gasteiger partial charge in [0.25, 0.3) is 0 Å². The number of ether oxygens (including phenoxy) is 2. The molecule has 0 amide bonds. The molecule has 0 aliphatic carbocycles. The summed E-state index contributed by atoms with van der Waals surface area (Å²) in [6.45, 7) is 4.51. The van der Waals surface area contributed by atoms with E-state index in [0.29, 0.717) is 6.61 Å². The number of benzene rings is 1. The van der Waals surface area contributed by atoms with E-state index in [1.165, 1.54) is 7.11 Å². The first-order chi connectivity index (χ1) is 8.60. The molecule has 1 N–H and O–H groups in total. The van der Waals surface area contributed by atoms with Gasteiger partial charge in [0.1, 0.15) is 5.75 Å². The molecule has 1 aromatic carbocycles. The average molecular weight is 252 g/mol. The molecular weight excluding hydrogens is 232 g/mol. The zero-order chi connectivity index (χ0) is 13.5. The van der Waals surface area contributed by atoms with E-state index in [2.05, 4.69) is 4.74 Å². The fourth-order valence-electron chi connectivity index (χ4n) is 1.59. The number of rotatable bonds is 6. The second-order valence-electron chi connectivity index (χ2n) is 4.17. The van der Waals surface area contributed by atoms with E-state index in [4.69, 9.17) is 4.74 Å². The predicted octanol–water partition coefficient (Wildman–Crippen LogP) is 2.11. The Morgan fingerprint density at radius 1 is 1.33 bits per heavy atom. The average Bonchev–Trinajstić information content (AvgIpc) is 2.43. The Hall–Kier alpha value is -1.55. The third kappa shape index (κ3) is 3.74. The molecule has 1 aromatic rings. The molecule has 0 fully saturated rings. The molecular formula is C14H20O4. The number of hydrogen-bond acceptors (Lipinski definition) is 4. The van der Waals surface area contributed by atoms with Crippen LogP contribution in [0.2, 0.25) is 0 Å². The van der Waals surface area contributed by atoms with Gasteiger partial charge in [-0.2, -0.15) is 0 Å². The van der Waals surface area contributed by atoms with Crippen LogP contribution in [0, 0.1) is 0 Å². The Kier molecular flexibility index (Phi) is 5.65. The lowest BCUT2D eigenvalue weighted by molar-refractivity contribution is -0.151. The smallest absolute Gasteiger partial charge is 0.335 e. The molecule has 1 rings (SSSR count). The summed E-state index contributed by atoms with van der Waals surface area (Å²) in [4.78, 5) is 11.2. The molecule has 2 unspecified atom stereocenters. The molecule has 4 heteroatoms.